The minimum Gasteiger partial charge on any atom is -0.461 e. The van der Waals surface area contributed by atoms with E-state index < -0.39 is 5.97 Å². The second-order valence-corrected chi connectivity index (χ2v) is 9.02. The van der Waals surface area contributed by atoms with Gasteiger partial charge in [-0.05, 0) is 57.0 Å². The van der Waals surface area contributed by atoms with Crippen molar-refractivity contribution in [1.29, 1.82) is 0 Å². The number of nitrogens with one attached hydrogen (secondary N) is 1. The highest BCUT2D eigenvalue weighted by atomic mass is 16.5. The Morgan fingerprint density at radius 1 is 1.08 bits per heavy atom. The van der Waals surface area contributed by atoms with Gasteiger partial charge in [0.1, 0.15) is 0 Å². The summed E-state index contributed by atoms with van der Waals surface area (Å²) in [7, 11) is 0. The van der Waals surface area contributed by atoms with Gasteiger partial charge >= 0.3 is 5.97 Å². The summed E-state index contributed by atoms with van der Waals surface area (Å²) in [6.45, 7) is 11.8. The summed E-state index contributed by atoms with van der Waals surface area (Å²) in [4.78, 5) is 34.1. The molecule has 0 unspecified atom stereocenters. The van der Waals surface area contributed by atoms with Crippen molar-refractivity contribution in [2.24, 2.45) is 0 Å². The number of anilines is 1. The fourth-order valence-electron chi connectivity index (χ4n) is 4.53. The Hall–Kier alpha value is -3.65. The van der Waals surface area contributed by atoms with E-state index in [9.17, 15) is 9.59 Å². The molecule has 2 heterocycles. The third kappa shape index (κ3) is 5.94. The van der Waals surface area contributed by atoms with Crippen LogP contribution in [0.3, 0.4) is 0 Å². The molecular formula is C28H34N4O4. The number of carbonyl (C=O) groups excluding carboxylic acids is 2. The van der Waals surface area contributed by atoms with E-state index >= 15 is 0 Å². The lowest BCUT2D eigenvalue weighted by molar-refractivity contribution is 0.0520. The van der Waals surface area contributed by atoms with Crippen molar-refractivity contribution in [1.82, 2.24) is 15.2 Å². The third-order valence-electron chi connectivity index (χ3n) is 6.47. The first-order valence-corrected chi connectivity index (χ1v) is 12.5. The van der Waals surface area contributed by atoms with Crippen LogP contribution in [0.5, 0.6) is 0 Å². The van der Waals surface area contributed by atoms with Crippen LogP contribution in [0.1, 0.15) is 45.3 Å². The van der Waals surface area contributed by atoms with Gasteiger partial charge < -0.3 is 19.4 Å². The predicted octanol–water partition coefficient (Wildman–Crippen LogP) is 4.08. The molecular weight excluding hydrogens is 456 g/mol. The first kappa shape index (κ1) is 25.4. The second-order valence-electron chi connectivity index (χ2n) is 9.02. The van der Waals surface area contributed by atoms with Gasteiger partial charge in [0.05, 0.1) is 12.2 Å². The van der Waals surface area contributed by atoms with Crippen LogP contribution in [0.25, 0.3) is 11.3 Å². The Balaban J connectivity index is 1.28. The highest BCUT2D eigenvalue weighted by molar-refractivity contribution is 6.03. The zero-order chi connectivity index (χ0) is 25.5. The van der Waals surface area contributed by atoms with Gasteiger partial charge in [0.2, 0.25) is 0 Å². The summed E-state index contributed by atoms with van der Waals surface area (Å²) in [5.74, 6) is -0.549. The summed E-state index contributed by atoms with van der Waals surface area (Å²) in [5, 5.41) is 3.01. The van der Waals surface area contributed by atoms with Crippen molar-refractivity contribution in [2.75, 3.05) is 50.8 Å². The SMILES string of the molecule is CCOC(=O)c1ncoc1-c1ccccc1C(=O)NCCCN1CCN(c2cc(C)ccc2C)CC1. The molecule has 0 atom stereocenters. The number of hydrogen-bond acceptors (Lipinski definition) is 7. The Bertz CT molecular complexity index is 1200. The van der Waals surface area contributed by atoms with E-state index in [4.69, 9.17) is 9.15 Å². The molecule has 1 saturated heterocycles. The zero-order valence-electron chi connectivity index (χ0n) is 21.3. The number of benzene rings is 2. The van der Waals surface area contributed by atoms with Crippen LogP contribution in [-0.2, 0) is 4.74 Å². The highest BCUT2D eigenvalue weighted by Gasteiger charge is 2.23. The molecule has 1 aliphatic rings. The number of aromatic nitrogens is 1. The molecule has 36 heavy (non-hydrogen) atoms. The van der Waals surface area contributed by atoms with E-state index in [-0.39, 0.29) is 24.0 Å². The zero-order valence-corrected chi connectivity index (χ0v) is 21.3. The van der Waals surface area contributed by atoms with Gasteiger partial charge in [-0.15, -0.1) is 0 Å². The molecule has 0 bridgehead atoms. The Kier molecular flexibility index (Phi) is 8.38. The minimum atomic E-state index is -0.575. The molecule has 1 fully saturated rings. The summed E-state index contributed by atoms with van der Waals surface area (Å²) < 4.78 is 10.5. The molecule has 0 aliphatic carbocycles. The van der Waals surface area contributed by atoms with Gasteiger partial charge in [0, 0.05) is 44.0 Å². The summed E-state index contributed by atoms with van der Waals surface area (Å²) in [6, 6.07) is 13.7. The van der Waals surface area contributed by atoms with Crippen LogP contribution in [0.2, 0.25) is 0 Å². The number of carbonyl (C=O) groups is 2. The number of rotatable bonds is 9. The molecule has 1 amide bonds. The van der Waals surface area contributed by atoms with Crippen molar-refractivity contribution >= 4 is 17.6 Å². The number of hydrogen-bond donors (Lipinski definition) is 1. The first-order valence-electron chi connectivity index (χ1n) is 12.5. The quantitative estimate of drug-likeness (QED) is 0.357. The van der Waals surface area contributed by atoms with Crippen LogP contribution >= 0.6 is 0 Å². The van der Waals surface area contributed by atoms with Crippen LogP contribution < -0.4 is 10.2 Å². The molecule has 3 aromatic rings. The van der Waals surface area contributed by atoms with Crippen molar-refractivity contribution in [2.45, 2.75) is 27.2 Å². The molecule has 1 aliphatic heterocycles. The Labute approximate surface area is 212 Å². The molecule has 8 nitrogen and oxygen atoms in total. The molecule has 8 heteroatoms. The second kappa shape index (κ2) is 11.9. The Morgan fingerprint density at radius 2 is 1.86 bits per heavy atom. The molecule has 4 rings (SSSR count). The van der Waals surface area contributed by atoms with Crippen molar-refractivity contribution in [3.63, 3.8) is 0 Å². The maximum atomic E-state index is 13.0. The molecule has 1 N–H and O–H groups in total. The van der Waals surface area contributed by atoms with E-state index in [1.807, 2.05) is 0 Å². The van der Waals surface area contributed by atoms with E-state index in [2.05, 4.69) is 52.1 Å². The molecule has 1 aromatic heterocycles. The summed E-state index contributed by atoms with van der Waals surface area (Å²) in [6.07, 6.45) is 2.05. The lowest BCUT2D eigenvalue weighted by atomic mass is 10.0. The number of nitrogens with zero attached hydrogens (tertiary/aromatic N) is 3. The van der Waals surface area contributed by atoms with Gasteiger partial charge in [-0.1, -0.05) is 30.3 Å². The van der Waals surface area contributed by atoms with E-state index in [1.165, 1.54) is 23.2 Å². The van der Waals surface area contributed by atoms with Gasteiger partial charge in [-0.2, -0.15) is 0 Å². The standard InChI is InChI=1S/C28H34N4O4/c1-4-35-28(34)25-26(36-19-30-25)22-8-5-6-9-23(22)27(33)29-12-7-13-31-14-16-32(17-15-31)24-18-20(2)10-11-21(24)3/h5-6,8-11,18-19H,4,7,12-17H2,1-3H3,(H,29,33). The molecule has 0 spiro atoms. The highest BCUT2D eigenvalue weighted by Crippen LogP contribution is 2.27. The van der Waals surface area contributed by atoms with Gasteiger partial charge in [0.25, 0.3) is 5.91 Å². The monoisotopic (exact) mass is 490 g/mol. The lowest BCUT2D eigenvalue weighted by Gasteiger charge is -2.37. The number of amides is 1. The van der Waals surface area contributed by atoms with Crippen LogP contribution in [0, 0.1) is 13.8 Å². The van der Waals surface area contributed by atoms with Gasteiger partial charge in [-0.25, -0.2) is 9.78 Å². The van der Waals surface area contributed by atoms with Crippen LogP contribution in [0.4, 0.5) is 5.69 Å². The largest absolute Gasteiger partial charge is 0.461 e. The van der Waals surface area contributed by atoms with Gasteiger partial charge in [0.15, 0.2) is 17.8 Å². The maximum Gasteiger partial charge on any atom is 0.360 e. The number of aryl methyl sites for hydroxylation is 2. The topological polar surface area (TPSA) is 87.9 Å². The average Bonchev–Trinajstić information content (AvgIpc) is 3.39. The number of ether oxygens (including phenoxy) is 1. The number of piperazine rings is 1. The fraction of sp³-hybridized carbons (Fsp3) is 0.393. The van der Waals surface area contributed by atoms with Gasteiger partial charge in [-0.3, -0.25) is 9.69 Å². The van der Waals surface area contributed by atoms with Crippen molar-refractivity contribution in [3.8, 4) is 11.3 Å². The molecule has 0 saturated carbocycles. The van der Waals surface area contributed by atoms with E-state index in [1.54, 1.807) is 31.2 Å². The number of esters is 1. The first-order chi connectivity index (χ1) is 17.5. The minimum absolute atomic E-state index is 0.0668. The van der Waals surface area contributed by atoms with Crippen molar-refractivity contribution < 1.29 is 18.7 Å². The molecule has 190 valence electrons. The van der Waals surface area contributed by atoms with E-state index in [0.29, 0.717) is 17.7 Å². The molecule has 0 radical (unpaired) electrons. The smallest absolute Gasteiger partial charge is 0.360 e. The molecule has 2 aromatic carbocycles. The fourth-order valence-corrected chi connectivity index (χ4v) is 4.53. The van der Waals surface area contributed by atoms with Crippen molar-refractivity contribution in [3.05, 3.63) is 71.2 Å². The maximum absolute atomic E-state index is 13.0. The summed E-state index contributed by atoms with van der Waals surface area (Å²) >= 11 is 0. The van der Waals surface area contributed by atoms with E-state index in [0.717, 1.165) is 39.1 Å². The average molecular weight is 491 g/mol. The third-order valence-corrected chi connectivity index (χ3v) is 6.47. The predicted molar refractivity (Wildman–Crippen MR) is 139 cm³/mol. The summed E-state index contributed by atoms with van der Waals surface area (Å²) in [5.41, 5.74) is 4.95. The number of oxazole rings is 1. The normalized spacial score (nSPS) is 14.0. The van der Waals surface area contributed by atoms with Crippen LogP contribution in [-0.4, -0.2) is 67.6 Å². The Morgan fingerprint density at radius 3 is 2.64 bits per heavy atom. The van der Waals surface area contributed by atoms with Crippen LogP contribution in [0.15, 0.2) is 53.3 Å². The lowest BCUT2D eigenvalue weighted by Crippen LogP contribution is -2.47.